The van der Waals surface area contributed by atoms with E-state index in [-0.39, 0.29) is 5.91 Å². The van der Waals surface area contributed by atoms with Crippen molar-refractivity contribution in [1.29, 1.82) is 0 Å². The summed E-state index contributed by atoms with van der Waals surface area (Å²) in [6.45, 7) is 1.50. The summed E-state index contributed by atoms with van der Waals surface area (Å²) in [5, 5.41) is 9.99. The second-order valence-electron chi connectivity index (χ2n) is 7.28. The van der Waals surface area contributed by atoms with Gasteiger partial charge in [-0.1, -0.05) is 30.3 Å². The molecule has 138 valence electrons. The molecule has 0 aliphatic carbocycles. The largest absolute Gasteiger partial charge is 0.478 e. The Balaban J connectivity index is 1.46. The topological polar surface area (TPSA) is 62.5 Å². The Labute approximate surface area is 157 Å². The molecule has 1 aromatic heterocycles. The van der Waals surface area contributed by atoms with E-state index in [1.807, 2.05) is 59.1 Å². The van der Waals surface area contributed by atoms with Gasteiger partial charge in [-0.25, -0.2) is 4.79 Å². The number of likely N-dealkylation sites (tertiary alicyclic amines) is 1. The van der Waals surface area contributed by atoms with Gasteiger partial charge in [0.15, 0.2) is 0 Å². The van der Waals surface area contributed by atoms with Gasteiger partial charge in [-0.2, -0.15) is 0 Å². The van der Waals surface area contributed by atoms with E-state index in [1.54, 1.807) is 12.1 Å². The molecule has 4 rings (SSSR count). The van der Waals surface area contributed by atoms with Crippen molar-refractivity contribution in [2.24, 2.45) is 13.0 Å². The van der Waals surface area contributed by atoms with Crippen molar-refractivity contribution in [3.8, 4) is 0 Å². The van der Waals surface area contributed by atoms with Gasteiger partial charge < -0.3 is 14.6 Å². The number of benzene rings is 2. The molecule has 0 radical (unpaired) electrons. The zero-order valence-electron chi connectivity index (χ0n) is 15.3. The third-order valence-electron chi connectivity index (χ3n) is 5.43. The summed E-state index contributed by atoms with van der Waals surface area (Å²) in [6, 6.07) is 15.0. The molecular formula is C22H22N2O3. The normalized spacial score (nSPS) is 16.8. The van der Waals surface area contributed by atoms with Crippen molar-refractivity contribution in [3.63, 3.8) is 0 Å². The SMILES string of the molecule is Cn1cc(C(=O)N2CC[C@@H](Cc3ccc(C(=O)O)cc3)C2)c2ccccc21. The van der Waals surface area contributed by atoms with E-state index >= 15 is 0 Å². The highest BCUT2D eigenvalue weighted by Crippen LogP contribution is 2.26. The van der Waals surface area contributed by atoms with Crippen LogP contribution in [0.2, 0.25) is 0 Å². The number of para-hydroxylation sites is 1. The molecule has 0 unspecified atom stereocenters. The van der Waals surface area contributed by atoms with Crippen LogP contribution in [-0.4, -0.2) is 39.5 Å². The summed E-state index contributed by atoms with van der Waals surface area (Å²) in [5.41, 5.74) is 3.25. The van der Waals surface area contributed by atoms with E-state index in [4.69, 9.17) is 5.11 Å². The van der Waals surface area contributed by atoms with Gasteiger partial charge >= 0.3 is 5.97 Å². The molecule has 3 aromatic rings. The van der Waals surface area contributed by atoms with Crippen molar-refractivity contribution in [3.05, 3.63) is 71.4 Å². The van der Waals surface area contributed by atoms with Crippen molar-refractivity contribution >= 4 is 22.8 Å². The first-order chi connectivity index (χ1) is 13.0. The van der Waals surface area contributed by atoms with Crippen molar-refractivity contribution < 1.29 is 14.7 Å². The summed E-state index contributed by atoms with van der Waals surface area (Å²) in [5.74, 6) is -0.413. The van der Waals surface area contributed by atoms with Crippen LogP contribution in [0.3, 0.4) is 0 Å². The van der Waals surface area contributed by atoms with Gasteiger partial charge in [-0.15, -0.1) is 0 Å². The number of amides is 1. The van der Waals surface area contributed by atoms with E-state index in [0.29, 0.717) is 11.5 Å². The average Bonchev–Trinajstić information content (AvgIpc) is 3.27. The molecule has 2 heterocycles. The van der Waals surface area contributed by atoms with Gasteiger partial charge in [-0.3, -0.25) is 4.79 Å². The lowest BCUT2D eigenvalue weighted by Crippen LogP contribution is -2.28. The number of nitrogens with zero attached hydrogens (tertiary/aromatic N) is 2. The van der Waals surface area contributed by atoms with E-state index < -0.39 is 5.97 Å². The van der Waals surface area contributed by atoms with Gasteiger partial charge in [0, 0.05) is 37.2 Å². The van der Waals surface area contributed by atoms with Crippen LogP contribution in [0.4, 0.5) is 0 Å². The molecule has 1 aliphatic heterocycles. The van der Waals surface area contributed by atoms with Crippen LogP contribution in [0.1, 0.15) is 32.7 Å². The molecule has 1 saturated heterocycles. The van der Waals surface area contributed by atoms with Crippen LogP contribution in [0.5, 0.6) is 0 Å². The summed E-state index contributed by atoms with van der Waals surface area (Å²) in [7, 11) is 1.96. The summed E-state index contributed by atoms with van der Waals surface area (Å²) in [4.78, 5) is 25.9. The Kier molecular flexibility index (Phi) is 4.44. The van der Waals surface area contributed by atoms with E-state index in [0.717, 1.165) is 48.0 Å². The molecular weight excluding hydrogens is 340 g/mol. The first kappa shape index (κ1) is 17.3. The van der Waals surface area contributed by atoms with Crippen LogP contribution >= 0.6 is 0 Å². The number of carbonyl (C=O) groups excluding carboxylic acids is 1. The Morgan fingerprint density at radius 2 is 1.85 bits per heavy atom. The van der Waals surface area contributed by atoms with E-state index in [9.17, 15) is 9.59 Å². The quantitative estimate of drug-likeness (QED) is 0.772. The van der Waals surface area contributed by atoms with Crippen molar-refractivity contribution in [1.82, 2.24) is 9.47 Å². The van der Waals surface area contributed by atoms with Crippen molar-refractivity contribution in [2.75, 3.05) is 13.1 Å². The Hall–Kier alpha value is -3.08. The fourth-order valence-corrected chi connectivity index (χ4v) is 3.98. The fraction of sp³-hybridized carbons (Fsp3) is 0.273. The zero-order valence-corrected chi connectivity index (χ0v) is 15.3. The lowest BCUT2D eigenvalue weighted by molar-refractivity contribution is 0.0696. The third kappa shape index (κ3) is 3.33. The third-order valence-corrected chi connectivity index (χ3v) is 5.43. The van der Waals surface area contributed by atoms with Crippen LogP contribution in [0.15, 0.2) is 54.7 Å². The Morgan fingerprint density at radius 3 is 2.59 bits per heavy atom. The predicted octanol–water partition coefficient (Wildman–Crippen LogP) is 3.58. The molecule has 1 N–H and O–H groups in total. The van der Waals surface area contributed by atoms with Gasteiger partial charge in [0.2, 0.25) is 0 Å². The average molecular weight is 362 g/mol. The zero-order chi connectivity index (χ0) is 19.0. The first-order valence-electron chi connectivity index (χ1n) is 9.18. The molecule has 1 aliphatic rings. The number of carboxylic acids is 1. The van der Waals surface area contributed by atoms with Crippen molar-refractivity contribution in [2.45, 2.75) is 12.8 Å². The number of carboxylic acid groups (broad SMARTS) is 1. The predicted molar refractivity (Wildman–Crippen MR) is 104 cm³/mol. The van der Waals surface area contributed by atoms with Gasteiger partial charge in [-0.05, 0) is 42.5 Å². The smallest absolute Gasteiger partial charge is 0.335 e. The summed E-state index contributed by atoms with van der Waals surface area (Å²) < 4.78 is 2.00. The molecule has 0 saturated carbocycles. The number of fused-ring (bicyclic) bond motifs is 1. The number of aryl methyl sites for hydroxylation is 1. The minimum atomic E-state index is -0.908. The number of hydrogen-bond acceptors (Lipinski definition) is 2. The van der Waals surface area contributed by atoms with Crippen LogP contribution in [0.25, 0.3) is 10.9 Å². The van der Waals surface area contributed by atoms with Gasteiger partial charge in [0.1, 0.15) is 0 Å². The highest BCUT2D eigenvalue weighted by molar-refractivity contribution is 6.07. The number of aromatic nitrogens is 1. The van der Waals surface area contributed by atoms with E-state index in [2.05, 4.69) is 0 Å². The first-order valence-corrected chi connectivity index (χ1v) is 9.18. The molecule has 2 aromatic carbocycles. The van der Waals surface area contributed by atoms with Gasteiger partial charge in [0.25, 0.3) is 5.91 Å². The molecule has 1 atom stereocenters. The summed E-state index contributed by atoms with van der Waals surface area (Å²) >= 11 is 0. The summed E-state index contributed by atoms with van der Waals surface area (Å²) in [6.07, 6.45) is 3.75. The molecule has 1 fully saturated rings. The number of rotatable bonds is 4. The molecule has 0 bridgehead atoms. The van der Waals surface area contributed by atoms with E-state index in [1.165, 1.54) is 0 Å². The number of carbonyl (C=O) groups is 2. The molecule has 5 heteroatoms. The molecule has 1 amide bonds. The maximum absolute atomic E-state index is 13.0. The fourth-order valence-electron chi connectivity index (χ4n) is 3.98. The van der Waals surface area contributed by atoms with Crippen LogP contribution < -0.4 is 0 Å². The highest BCUT2D eigenvalue weighted by Gasteiger charge is 2.28. The Bertz CT molecular complexity index is 1000. The maximum atomic E-state index is 13.0. The van der Waals surface area contributed by atoms with Crippen LogP contribution in [-0.2, 0) is 13.5 Å². The Morgan fingerprint density at radius 1 is 1.11 bits per heavy atom. The highest BCUT2D eigenvalue weighted by atomic mass is 16.4. The molecule has 0 spiro atoms. The standard InChI is InChI=1S/C22H22N2O3/c1-23-14-19(18-4-2-3-5-20(18)23)21(25)24-11-10-16(13-24)12-15-6-8-17(9-7-15)22(26)27/h2-9,14,16H,10-13H2,1H3,(H,26,27)/t16-/m0/s1. The van der Waals surface area contributed by atoms with Gasteiger partial charge in [0.05, 0.1) is 11.1 Å². The second kappa shape index (κ2) is 6.91. The second-order valence-corrected chi connectivity index (χ2v) is 7.28. The minimum Gasteiger partial charge on any atom is -0.478 e. The lowest BCUT2D eigenvalue weighted by atomic mass is 9.98. The lowest BCUT2D eigenvalue weighted by Gasteiger charge is -2.16. The molecule has 27 heavy (non-hydrogen) atoms. The molecule has 5 nitrogen and oxygen atoms in total. The number of hydrogen-bond donors (Lipinski definition) is 1. The number of aromatic carboxylic acids is 1. The monoisotopic (exact) mass is 362 g/mol. The minimum absolute atomic E-state index is 0.0931. The van der Waals surface area contributed by atoms with Crippen LogP contribution in [0, 0.1) is 5.92 Å². The maximum Gasteiger partial charge on any atom is 0.335 e.